The van der Waals surface area contributed by atoms with Gasteiger partial charge in [0.1, 0.15) is 0 Å². The molecule has 1 fully saturated rings. The molecule has 0 radical (unpaired) electrons. The summed E-state index contributed by atoms with van der Waals surface area (Å²) < 4.78 is 0. The fourth-order valence-electron chi connectivity index (χ4n) is 4.14. The first-order valence-electron chi connectivity index (χ1n) is 9.66. The highest BCUT2D eigenvalue weighted by Crippen LogP contribution is 2.26. The van der Waals surface area contributed by atoms with Crippen molar-refractivity contribution in [1.82, 2.24) is 15.2 Å². The first-order valence-corrected chi connectivity index (χ1v) is 9.66. The Kier molecular flexibility index (Phi) is 5.99. The van der Waals surface area contributed by atoms with E-state index in [-0.39, 0.29) is 12.5 Å². The van der Waals surface area contributed by atoms with Crippen LogP contribution in [-0.4, -0.2) is 53.7 Å². The van der Waals surface area contributed by atoms with Crippen molar-refractivity contribution in [1.29, 1.82) is 0 Å². The van der Waals surface area contributed by atoms with Crippen LogP contribution in [0, 0.1) is 26.7 Å². The number of rotatable bonds is 6. The van der Waals surface area contributed by atoms with Crippen molar-refractivity contribution >= 4 is 16.8 Å². The van der Waals surface area contributed by atoms with Crippen molar-refractivity contribution in [3.8, 4) is 0 Å². The minimum absolute atomic E-state index is 0.0730. The van der Waals surface area contributed by atoms with Crippen LogP contribution in [0.2, 0.25) is 0 Å². The molecule has 0 spiro atoms. The van der Waals surface area contributed by atoms with E-state index in [4.69, 9.17) is 0 Å². The standard InChI is InChI=1S/C21H31N3O2/c1-14-9-15(2)21-19(10-14)18(16(3)23-21)11-20(26)22-6-8-24-7-4-5-17(12-24)13-25/h9-10,17,23,25H,4-8,11-13H2,1-3H3,(H,22,26)/t17-/m1/s1. The number of nitrogens with one attached hydrogen (secondary N) is 2. The number of nitrogens with zero attached hydrogens (tertiary/aromatic N) is 1. The maximum absolute atomic E-state index is 12.5. The Morgan fingerprint density at radius 3 is 2.92 bits per heavy atom. The van der Waals surface area contributed by atoms with E-state index < -0.39 is 0 Å². The average Bonchev–Trinajstić information content (AvgIpc) is 2.91. The smallest absolute Gasteiger partial charge is 0.224 e. The Bertz CT molecular complexity index is 781. The molecule has 1 aliphatic heterocycles. The zero-order valence-electron chi connectivity index (χ0n) is 16.2. The third kappa shape index (κ3) is 4.27. The molecular weight excluding hydrogens is 326 g/mol. The summed E-state index contributed by atoms with van der Waals surface area (Å²) in [5.74, 6) is 0.462. The molecule has 3 rings (SSSR count). The summed E-state index contributed by atoms with van der Waals surface area (Å²) in [7, 11) is 0. The minimum Gasteiger partial charge on any atom is -0.396 e. The zero-order chi connectivity index (χ0) is 18.7. The molecule has 2 heterocycles. The first-order chi connectivity index (χ1) is 12.5. The molecule has 0 unspecified atom stereocenters. The number of aliphatic hydroxyl groups excluding tert-OH is 1. The van der Waals surface area contributed by atoms with E-state index in [1.165, 1.54) is 11.1 Å². The van der Waals surface area contributed by atoms with E-state index in [0.29, 0.717) is 18.9 Å². The second-order valence-electron chi connectivity index (χ2n) is 7.75. The molecule has 1 atom stereocenters. The molecule has 5 heteroatoms. The summed E-state index contributed by atoms with van der Waals surface area (Å²) in [6.45, 7) is 10.0. The van der Waals surface area contributed by atoms with Crippen LogP contribution in [0.4, 0.5) is 0 Å². The molecule has 0 aliphatic carbocycles. The fraction of sp³-hybridized carbons (Fsp3) is 0.571. The number of aromatic nitrogens is 1. The Hall–Kier alpha value is -1.85. The summed E-state index contributed by atoms with van der Waals surface area (Å²) in [5.41, 5.74) is 5.75. The topological polar surface area (TPSA) is 68.4 Å². The average molecular weight is 357 g/mol. The highest BCUT2D eigenvalue weighted by Gasteiger charge is 2.19. The summed E-state index contributed by atoms with van der Waals surface area (Å²) in [6.07, 6.45) is 2.65. The fourth-order valence-corrected chi connectivity index (χ4v) is 4.14. The van der Waals surface area contributed by atoms with E-state index in [0.717, 1.165) is 54.6 Å². The molecule has 5 nitrogen and oxygen atoms in total. The quantitative estimate of drug-likeness (QED) is 0.744. The van der Waals surface area contributed by atoms with Gasteiger partial charge in [-0.2, -0.15) is 0 Å². The lowest BCUT2D eigenvalue weighted by Crippen LogP contribution is -2.41. The van der Waals surface area contributed by atoms with Crippen molar-refractivity contribution < 1.29 is 9.90 Å². The second kappa shape index (κ2) is 8.23. The number of carbonyl (C=O) groups is 1. The van der Waals surface area contributed by atoms with Crippen molar-refractivity contribution in [2.75, 3.05) is 32.8 Å². The Morgan fingerprint density at radius 1 is 1.35 bits per heavy atom. The summed E-state index contributed by atoms with van der Waals surface area (Å²) in [4.78, 5) is 18.2. The molecular formula is C21H31N3O2. The number of hydrogen-bond acceptors (Lipinski definition) is 3. The van der Waals surface area contributed by atoms with E-state index in [1.807, 2.05) is 6.92 Å². The van der Waals surface area contributed by atoms with Crippen LogP contribution in [0.3, 0.4) is 0 Å². The van der Waals surface area contributed by atoms with Crippen LogP contribution in [0.25, 0.3) is 10.9 Å². The molecule has 1 aromatic heterocycles. The normalized spacial score (nSPS) is 18.4. The van der Waals surface area contributed by atoms with Gasteiger partial charge in [0.05, 0.1) is 6.42 Å². The SMILES string of the molecule is Cc1cc(C)c2[nH]c(C)c(CC(=O)NCCN3CCC[C@@H](CO)C3)c2c1. The number of aryl methyl sites for hydroxylation is 3. The molecule has 2 aromatic rings. The van der Waals surface area contributed by atoms with Gasteiger partial charge in [0.15, 0.2) is 0 Å². The lowest BCUT2D eigenvalue weighted by molar-refractivity contribution is -0.120. The molecule has 26 heavy (non-hydrogen) atoms. The van der Waals surface area contributed by atoms with Crippen LogP contribution in [-0.2, 0) is 11.2 Å². The number of aromatic amines is 1. The molecule has 142 valence electrons. The van der Waals surface area contributed by atoms with Gasteiger partial charge in [-0.1, -0.05) is 11.6 Å². The van der Waals surface area contributed by atoms with Crippen molar-refractivity contribution in [3.05, 3.63) is 34.5 Å². The van der Waals surface area contributed by atoms with Gasteiger partial charge in [0, 0.05) is 42.8 Å². The van der Waals surface area contributed by atoms with Gasteiger partial charge >= 0.3 is 0 Å². The second-order valence-corrected chi connectivity index (χ2v) is 7.75. The Balaban J connectivity index is 1.57. The maximum Gasteiger partial charge on any atom is 0.224 e. The van der Waals surface area contributed by atoms with Gasteiger partial charge in [-0.15, -0.1) is 0 Å². The molecule has 1 aliphatic rings. The Labute approximate surface area is 155 Å². The number of hydrogen-bond donors (Lipinski definition) is 3. The van der Waals surface area contributed by atoms with Gasteiger partial charge < -0.3 is 20.3 Å². The van der Waals surface area contributed by atoms with Crippen LogP contribution in [0.1, 0.15) is 35.2 Å². The summed E-state index contributed by atoms with van der Waals surface area (Å²) >= 11 is 0. The van der Waals surface area contributed by atoms with Crippen LogP contribution >= 0.6 is 0 Å². The Morgan fingerprint density at radius 2 is 2.15 bits per heavy atom. The number of amides is 1. The number of benzene rings is 1. The monoisotopic (exact) mass is 357 g/mol. The predicted molar refractivity (Wildman–Crippen MR) is 105 cm³/mol. The van der Waals surface area contributed by atoms with Gasteiger partial charge in [-0.05, 0) is 63.3 Å². The molecule has 1 amide bonds. The van der Waals surface area contributed by atoms with E-state index in [1.54, 1.807) is 0 Å². The highest BCUT2D eigenvalue weighted by molar-refractivity contribution is 5.92. The van der Waals surface area contributed by atoms with E-state index in [2.05, 4.69) is 41.2 Å². The number of likely N-dealkylation sites (tertiary alicyclic amines) is 1. The van der Waals surface area contributed by atoms with Gasteiger partial charge in [-0.3, -0.25) is 4.79 Å². The van der Waals surface area contributed by atoms with Crippen LogP contribution in [0.15, 0.2) is 12.1 Å². The summed E-state index contributed by atoms with van der Waals surface area (Å²) in [6, 6.07) is 4.33. The first kappa shape index (κ1) is 18.9. The minimum atomic E-state index is 0.0730. The number of H-pyrrole nitrogens is 1. The lowest BCUT2D eigenvalue weighted by atomic mass is 9.99. The third-order valence-electron chi connectivity index (χ3n) is 5.52. The molecule has 1 aromatic carbocycles. The maximum atomic E-state index is 12.5. The largest absolute Gasteiger partial charge is 0.396 e. The molecule has 0 bridgehead atoms. The molecule has 3 N–H and O–H groups in total. The third-order valence-corrected chi connectivity index (χ3v) is 5.52. The number of piperidine rings is 1. The number of fused-ring (bicyclic) bond motifs is 1. The van der Waals surface area contributed by atoms with Crippen molar-refractivity contribution in [2.24, 2.45) is 5.92 Å². The number of carbonyl (C=O) groups excluding carboxylic acids is 1. The lowest BCUT2D eigenvalue weighted by Gasteiger charge is -2.31. The van der Waals surface area contributed by atoms with Gasteiger partial charge in [0.25, 0.3) is 0 Å². The van der Waals surface area contributed by atoms with Crippen molar-refractivity contribution in [2.45, 2.75) is 40.0 Å². The van der Waals surface area contributed by atoms with Crippen LogP contribution < -0.4 is 5.32 Å². The zero-order valence-corrected chi connectivity index (χ0v) is 16.2. The summed E-state index contributed by atoms with van der Waals surface area (Å²) in [5, 5.41) is 13.5. The van der Waals surface area contributed by atoms with Gasteiger partial charge in [-0.25, -0.2) is 0 Å². The van der Waals surface area contributed by atoms with Crippen LogP contribution in [0.5, 0.6) is 0 Å². The number of aliphatic hydroxyl groups is 1. The molecule has 0 saturated carbocycles. The van der Waals surface area contributed by atoms with Crippen molar-refractivity contribution in [3.63, 3.8) is 0 Å². The predicted octanol–water partition coefficient (Wildman–Crippen LogP) is 2.46. The van der Waals surface area contributed by atoms with Gasteiger partial charge in [0.2, 0.25) is 5.91 Å². The van der Waals surface area contributed by atoms with E-state index in [9.17, 15) is 9.90 Å². The molecule has 1 saturated heterocycles. The van der Waals surface area contributed by atoms with E-state index >= 15 is 0 Å². The highest BCUT2D eigenvalue weighted by atomic mass is 16.3.